The molecule has 0 radical (unpaired) electrons. The van der Waals surface area contributed by atoms with E-state index in [0.29, 0.717) is 19.4 Å². The minimum Gasteiger partial charge on any atom is -0.291 e. The number of carbonyl (C=O) groups excluding carboxylic acids is 1. The van der Waals surface area contributed by atoms with Gasteiger partial charge in [0.05, 0.1) is 0 Å². The average Bonchev–Trinajstić information content (AvgIpc) is 2.83. The Hall–Kier alpha value is -2.25. The summed E-state index contributed by atoms with van der Waals surface area (Å²) in [5, 5.41) is 4.08. The molecule has 0 bridgehead atoms. The van der Waals surface area contributed by atoms with Crippen LogP contribution in [0.25, 0.3) is 11.4 Å². The van der Waals surface area contributed by atoms with Gasteiger partial charge in [0.1, 0.15) is 5.69 Å². The number of aromatic nitrogens is 4. The lowest BCUT2D eigenvalue weighted by molar-refractivity contribution is -0.141. The predicted octanol–water partition coefficient (Wildman–Crippen LogP) is 2.34. The summed E-state index contributed by atoms with van der Waals surface area (Å²) < 4.78 is 39.3. The zero-order valence-corrected chi connectivity index (χ0v) is 10.2. The standard InChI is InChI=1S/C12H9F3N4O/c13-12(14,15)9-6-7(3-4-16-9)10-17-11-8(20)2-1-5-19(11)18-10/h3-4,6H,1-2,5H2. The van der Waals surface area contributed by atoms with E-state index in [0.717, 1.165) is 12.3 Å². The van der Waals surface area contributed by atoms with E-state index in [9.17, 15) is 18.0 Å². The Balaban J connectivity index is 2.04. The molecule has 3 rings (SSSR count). The predicted molar refractivity (Wildman–Crippen MR) is 61.8 cm³/mol. The molecular formula is C12H9F3N4O. The van der Waals surface area contributed by atoms with E-state index in [1.165, 1.54) is 10.7 Å². The second-order valence-corrected chi connectivity index (χ2v) is 4.44. The van der Waals surface area contributed by atoms with Crippen molar-refractivity contribution in [3.63, 3.8) is 0 Å². The third-order valence-corrected chi connectivity index (χ3v) is 3.00. The molecule has 2 aromatic rings. The summed E-state index contributed by atoms with van der Waals surface area (Å²) in [5.41, 5.74) is -0.809. The lowest BCUT2D eigenvalue weighted by atomic mass is 10.1. The minimum atomic E-state index is -4.52. The molecule has 1 aliphatic rings. The number of fused-ring (bicyclic) bond motifs is 1. The maximum absolute atomic E-state index is 12.6. The van der Waals surface area contributed by atoms with Gasteiger partial charge in [-0.1, -0.05) is 0 Å². The average molecular weight is 282 g/mol. The fourth-order valence-electron chi connectivity index (χ4n) is 2.05. The van der Waals surface area contributed by atoms with Gasteiger partial charge in [-0.05, 0) is 18.6 Å². The lowest BCUT2D eigenvalue weighted by Crippen LogP contribution is -2.17. The first kappa shape index (κ1) is 12.8. The number of Topliss-reactive ketones (excluding diaryl/α,β-unsaturated/α-hetero) is 1. The van der Waals surface area contributed by atoms with E-state index in [1.807, 2.05) is 0 Å². The van der Waals surface area contributed by atoms with Gasteiger partial charge >= 0.3 is 6.18 Å². The molecular weight excluding hydrogens is 273 g/mol. The zero-order chi connectivity index (χ0) is 14.3. The zero-order valence-electron chi connectivity index (χ0n) is 10.2. The molecule has 0 saturated carbocycles. The minimum absolute atomic E-state index is 0.114. The molecule has 20 heavy (non-hydrogen) atoms. The molecule has 0 atom stereocenters. The van der Waals surface area contributed by atoms with Gasteiger partial charge in [-0.3, -0.25) is 9.78 Å². The van der Waals surface area contributed by atoms with E-state index in [1.54, 1.807) is 0 Å². The van der Waals surface area contributed by atoms with Crippen molar-refractivity contribution in [1.82, 2.24) is 19.7 Å². The van der Waals surface area contributed by atoms with Crippen LogP contribution in [0.15, 0.2) is 18.3 Å². The van der Waals surface area contributed by atoms with Gasteiger partial charge in [-0.15, -0.1) is 0 Å². The van der Waals surface area contributed by atoms with Crippen LogP contribution in [0.5, 0.6) is 0 Å². The monoisotopic (exact) mass is 282 g/mol. The van der Waals surface area contributed by atoms with Crippen molar-refractivity contribution in [1.29, 1.82) is 0 Å². The lowest BCUT2D eigenvalue weighted by Gasteiger charge is -2.09. The highest BCUT2D eigenvalue weighted by Crippen LogP contribution is 2.30. The normalized spacial score (nSPS) is 15.2. The molecule has 0 fully saturated rings. The van der Waals surface area contributed by atoms with Crippen molar-refractivity contribution in [2.75, 3.05) is 0 Å². The number of hydrogen-bond donors (Lipinski definition) is 0. The number of carbonyl (C=O) groups is 1. The highest BCUT2D eigenvalue weighted by Gasteiger charge is 2.33. The number of halogens is 3. The number of pyridine rings is 1. The van der Waals surface area contributed by atoms with Gasteiger partial charge in [0, 0.05) is 24.7 Å². The SMILES string of the molecule is O=C1CCCn2nc(-c3ccnc(C(F)(F)F)c3)nc21. The molecule has 0 aromatic carbocycles. The van der Waals surface area contributed by atoms with Crippen molar-refractivity contribution in [3.05, 3.63) is 29.8 Å². The van der Waals surface area contributed by atoms with E-state index in [2.05, 4.69) is 15.1 Å². The molecule has 0 N–H and O–H groups in total. The molecule has 0 amide bonds. The maximum Gasteiger partial charge on any atom is 0.433 e. The molecule has 0 unspecified atom stereocenters. The Morgan fingerprint density at radius 1 is 1.30 bits per heavy atom. The van der Waals surface area contributed by atoms with Crippen LogP contribution in [0.1, 0.15) is 29.2 Å². The summed E-state index contributed by atoms with van der Waals surface area (Å²) in [7, 11) is 0. The smallest absolute Gasteiger partial charge is 0.291 e. The van der Waals surface area contributed by atoms with Crippen molar-refractivity contribution in [2.45, 2.75) is 25.6 Å². The molecule has 104 valence electrons. The topological polar surface area (TPSA) is 60.7 Å². The van der Waals surface area contributed by atoms with Crippen LogP contribution in [0.3, 0.4) is 0 Å². The Morgan fingerprint density at radius 3 is 2.80 bits per heavy atom. The fraction of sp³-hybridized carbons (Fsp3) is 0.333. The molecule has 3 heterocycles. The van der Waals surface area contributed by atoms with Crippen molar-refractivity contribution < 1.29 is 18.0 Å². The molecule has 8 heteroatoms. The maximum atomic E-state index is 12.6. The van der Waals surface area contributed by atoms with Gasteiger partial charge in [0.25, 0.3) is 0 Å². The third kappa shape index (κ3) is 2.17. The Labute approximate surface area is 111 Å². The van der Waals surface area contributed by atoms with E-state index >= 15 is 0 Å². The van der Waals surface area contributed by atoms with E-state index < -0.39 is 11.9 Å². The molecule has 1 aliphatic heterocycles. The number of ketones is 1. The fourth-order valence-corrected chi connectivity index (χ4v) is 2.05. The number of hydrogen-bond acceptors (Lipinski definition) is 4. The van der Waals surface area contributed by atoms with Gasteiger partial charge < -0.3 is 0 Å². The van der Waals surface area contributed by atoms with Crippen LogP contribution < -0.4 is 0 Å². The molecule has 2 aromatic heterocycles. The van der Waals surface area contributed by atoms with Gasteiger partial charge in [0.2, 0.25) is 0 Å². The summed E-state index contributed by atoms with van der Waals surface area (Å²) in [5.74, 6) is 0.180. The first-order chi connectivity index (χ1) is 9.45. The Kier molecular flexibility index (Phi) is 2.81. The van der Waals surface area contributed by atoms with E-state index in [4.69, 9.17) is 0 Å². The van der Waals surface area contributed by atoms with Crippen molar-refractivity contribution >= 4 is 5.78 Å². The summed E-state index contributed by atoms with van der Waals surface area (Å²) in [6, 6.07) is 2.27. The number of rotatable bonds is 1. The van der Waals surface area contributed by atoms with Crippen LogP contribution in [0.2, 0.25) is 0 Å². The molecule has 0 spiro atoms. The van der Waals surface area contributed by atoms with Crippen molar-refractivity contribution in [3.8, 4) is 11.4 Å². The van der Waals surface area contributed by atoms with Gasteiger partial charge in [-0.25, -0.2) is 9.67 Å². The van der Waals surface area contributed by atoms with Crippen LogP contribution in [0.4, 0.5) is 13.2 Å². The quantitative estimate of drug-likeness (QED) is 0.805. The Bertz CT molecular complexity index is 678. The molecule has 0 saturated heterocycles. The van der Waals surface area contributed by atoms with Gasteiger partial charge in [-0.2, -0.15) is 18.3 Å². The second kappa shape index (κ2) is 4.39. The first-order valence-electron chi connectivity index (χ1n) is 5.97. The summed E-state index contributed by atoms with van der Waals surface area (Å²) in [4.78, 5) is 19.0. The van der Waals surface area contributed by atoms with Crippen LogP contribution in [-0.4, -0.2) is 25.5 Å². The highest BCUT2D eigenvalue weighted by atomic mass is 19.4. The van der Waals surface area contributed by atoms with E-state index in [-0.39, 0.29) is 23.0 Å². The van der Waals surface area contributed by atoms with Crippen molar-refractivity contribution in [2.24, 2.45) is 0 Å². The summed E-state index contributed by atoms with van der Waals surface area (Å²) >= 11 is 0. The Morgan fingerprint density at radius 2 is 2.10 bits per heavy atom. The molecule has 5 nitrogen and oxygen atoms in total. The summed E-state index contributed by atoms with van der Waals surface area (Å²) in [6.07, 6.45) is -2.41. The number of nitrogens with zero attached hydrogens (tertiary/aromatic N) is 4. The highest BCUT2D eigenvalue weighted by molar-refractivity contribution is 5.93. The van der Waals surface area contributed by atoms with Crippen LogP contribution in [-0.2, 0) is 12.7 Å². The van der Waals surface area contributed by atoms with Crippen LogP contribution in [0, 0.1) is 0 Å². The molecule has 0 aliphatic carbocycles. The first-order valence-corrected chi connectivity index (χ1v) is 5.97. The summed E-state index contributed by atoms with van der Waals surface area (Å²) in [6.45, 7) is 0.547. The number of alkyl halides is 3. The largest absolute Gasteiger partial charge is 0.433 e. The van der Waals surface area contributed by atoms with Gasteiger partial charge in [0.15, 0.2) is 17.4 Å². The third-order valence-electron chi connectivity index (χ3n) is 3.00. The van der Waals surface area contributed by atoms with Crippen LogP contribution >= 0.6 is 0 Å². The second-order valence-electron chi connectivity index (χ2n) is 4.44. The number of aryl methyl sites for hydroxylation is 1.